The van der Waals surface area contributed by atoms with E-state index >= 15 is 0 Å². The molecule has 1 aliphatic heterocycles. The number of aryl methyl sites for hydroxylation is 1. The molecule has 3 rings (SSSR count). The number of nitrogens with one attached hydrogen (secondary N) is 1. The van der Waals surface area contributed by atoms with E-state index in [1.165, 1.54) is 68.1 Å². The third-order valence-corrected chi connectivity index (χ3v) is 6.08. The van der Waals surface area contributed by atoms with Crippen LogP contribution in [0.5, 0.6) is 5.75 Å². The van der Waals surface area contributed by atoms with Crippen molar-refractivity contribution in [3.63, 3.8) is 0 Å². The molecule has 33 heavy (non-hydrogen) atoms. The van der Waals surface area contributed by atoms with Gasteiger partial charge in [0.05, 0.1) is 13.2 Å². The van der Waals surface area contributed by atoms with E-state index < -0.39 is 0 Å². The van der Waals surface area contributed by atoms with Crippen LogP contribution in [0.15, 0.2) is 72.6 Å². The average molecular weight is 448 g/mol. The molecule has 1 heterocycles. The quantitative estimate of drug-likeness (QED) is 0.265. The van der Waals surface area contributed by atoms with Crippen molar-refractivity contribution >= 4 is 0 Å². The second-order valence-corrected chi connectivity index (χ2v) is 8.98. The molecule has 3 heteroatoms. The SMILES string of the molecule is Cc1ccc(-c2ccc(OCCCCCCCCCCCCOC3=CNCC=C3)cc2)cc1. The Morgan fingerprint density at radius 1 is 0.636 bits per heavy atom. The first-order chi connectivity index (χ1) is 16.3. The van der Waals surface area contributed by atoms with Crippen LogP contribution in [0.25, 0.3) is 11.1 Å². The number of hydrogen-bond donors (Lipinski definition) is 1. The highest BCUT2D eigenvalue weighted by atomic mass is 16.5. The minimum Gasteiger partial charge on any atom is -0.494 e. The van der Waals surface area contributed by atoms with Gasteiger partial charge in [-0.1, -0.05) is 99.4 Å². The molecule has 0 aromatic heterocycles. The van der Waals surface area contributed by atoms with Crippen LogP contribution >= 0.6 is 0 Å². The fraction of sp³-hybridized carbons (Fsp3) is 0.467. The number of rotatable bonds is 16. The first-order valence-electron chi connectivity index (χ1n) is 12.8. The zero-order valence-electron chi connectivity index (χ0n) is 20.4. The molecule has 0 amide bonds. The molecular weight excluding hydrogens is 406 g/mol. The van der Waals surface area contributed by atoms with Gasteiger partial charge in [-0.15, -0.1) is 0 Å². The Morgan fingerprint density at radius 3 is 1.70 bits per heavy atom. The molecule has 2 aromatic carbocycles. The van der Waals surface area contributed by atoms with E-state index in [1.54, 1.807) is 0 Å². The monoisotopic (exact) mass is 447 g/mol. The smallest absolute Gasteiger partial charge is 0.134 e. The zero-order valence-corrected chi connectivity index (χ0v) is 20.4. The van der Waals surface area contributed by atoms with Gasteiger partial charge in [-0.3, -0.25) is 0 Å². The van der Waals surface area contributed by atoms with E-state index in [0.29, 0.717) is 0 Å². The third-order valence-electron chi connectivity index (χ3n) is 6.08. The average Bonchev–Trinajstić information content (AvgIpc) is 2.86. The molecule has 0 spiro atoms. The molecule has 1 N–H and O–H groups in total. The Bertz CT molecular complexity index is 837. The van der Waals surface area contributed by atoms with Crippen LogP contribution in [0.1, 0.15) is 69.8 Å². The highest BCUT2D eigenvalue weighted by Crippen LogP contribution is 2.23. The van der Waals surface area contributed by atoms with E-state index in [-0.39, 0.29) is 0 Å². The summed E-state index contributed by atoms with van der Waals surface area (Å²) < 4.78 is 11.7. The van der Waals surface area contributed by atoms with Crippen molar-refractivity contribution in [3.05, 3.63) is 78.2 Å². The fourth-order valence-corrected chi connectivity index (χ4v) is 4.03. The van der Waals surface area contributed by atoms with Gasteiger partial charge in [0.15, 0.2) is 0 Å². The normalized spacial score (nSPS) is 12.8. The number of allylic oxidation sites excluding steroid dienone is 1. The van der Waals surface area contributed by atoms with Crippen molar-refractivity contribution in [3.8, 4) is 16.9 Å². The molecule has 0 radical (unpaired) electrons. The second-order valence-electron chi connectivity index (χ2n) is 8.98. The lowest BCUT2D eigenvalue weighted by Gasteiger charge is -2.10. The number of benzene rings is 2. The summed E-state index contributed by atoms with van der Waals surface area (Å²) in [4.78, 5) is 0. The summed E-state index contributed by atoms with van der Waals surface area (Å²) in [5.74, 6) is 1.93. The topological polar surface area (TPSA) is 30.5 Å². The maximum absolute atomic E-state index is 5.93. The molecule has 0 fully saturated rings. The molecule has 0 saturated carbocycles. The van der Waals surface area contributed by atoms with E-state index in [4.69, 9.17) is 9.47 Å². The standard InChI is InChI=1S/C30H41NO2/c1-26-14-16-27(17-15-26)28-18-20-29(21-19-28)32-23-10-8-6-4-2-3-5-7-9-11-24-33-30-13-12-22-31-25-30/h12-21,25,31H,2-11,22-24H2,1H3. The lowest BCUT2D eigenvalue weighted by atomic mass is 10.0. The highest BCUT2D eigenvalue weighted by Gasteiger charge is 2.00. The second kappa shape index (κ2) is 15.2. The van der Waals surface area contributed by atoms with Gasteiger partial charge in [0, 0.05) is 12.7 Å². The maximum Gasteiger partial charge on any atom is 0.134 e. The molecule has 1 aliphatic rings. The van der Waals surface area contributed by atoms with Gasteiger partial charge in [0.1, 0.15) is 11.5 Å². The van der Waals surface area contributed by atoms with E-state index in [1.807, 2.05) is 12.3 Å². The minimum atomic E-state index is 0.814. The van der Waals surface area contributed by atoms with Gasteiger partial charge in [0.25, 0.3) is 0 Å². The summed E-state index contributed by atoms with van der Waals surface area (Å²) in [5.41, 5.74) is 3.78. The van der Waals surface area contributed by atoms with Crippen molar-refractivity contribution in [1.82, 2.24) is 5.32 Å². The van der Waals surface area contributed by atoms with Crippen LogP contribution < -0.4 is 10.1 Å². The van der Waals surface area contributed by atoms with Crippen molar-refractivity contribution in [1.29, 1.82) is 0 Å². The van der Waals surface area contributed by atoms with Gasteiger partial charge < -0.3 is 14.8 Å². The Kier molecular flexibility index (Phi) is 11.5. The summed E-state index contributed by atoms with van der Waals surface area (Å²) in [6.07, 6.45) is 19.0. The predicted octanol–water partition coefficient (Wildman–Crippen LogP) is 7.96. The van der Waals surface area contributed by atoms with Gasteiger partial charge in [-0.05, 0) is 49.1 Å². The lowest BCUT2D eigenvalue weighted by Crippen LogP contribution is -2.10. The number of hydrogen-bond acceptors (Lipinski definition) is 3. The Morgan fingerprint density at radius 2 is 1.15 bits per heavy atom. The molecule has 178 valence electrons. The molecule has 3 nitrogen and oxygen atoms in total. The van der Waals surface area contributed by atoms with Gasteiger partial charge in [-0.25, -0.2) is 0 Å². The largest absolute Gasteiger partial charge is 0.494 e. The first-order valence-corrected chi connectivity index (χ1v) is 12.8. The Labute approximate surface area is 200 Å². The van der Waals surface area contributed by atoms with Crippen LogP contribution in [0, 0.1) is 6.92 Å². The number of ether oxygens (including phenoxy) is 2. The molecule has 0 bridgehead atoms. The van der Waals surface area contributed by atoms with Crippen molar-refractivity contribution in [2.24, 2.45) is 0 Å². The predicted molar refractivity (Wildman–Crippen MR) is 139 cm³/mol. The third kappa shape index (κ3) is 10.2. The van der Waals surface area contributed by atoms with Gasteiger partial charge in [0.2, 0.25) is 0 Å². The van der Waals surface area contributed by atoms with Crippen molar-refractivity contribution < 1.29 is 9.47 Å². The van der Waals surface area contributed by atoms with Crippen LogP contribution in [0.2, 0.25) is 0 Å². The highest BCUT2D eigenvalue weighted by molar-refractivity contribution is 5.64. The van der Waals surface area contributed by atoms with Crippen LogP contribution in [-0.4, -0.2) is 19.8 Å². The van der Waals surface area contributed by atoms with Crippen LogP contribution in [0.3, 0.4) is 0 Å². The van der Waals surface area contributed by atoms with Crippen LogP contribution in [-0.2, 0) is 4.74 Å². The Hall–Kier alpha value is -2.68. The summed E-state index contributed by atoms with van der Waals surface area (Å²) in [6.45, 7) is 4.67. The summed E-state index contributed by atoms with van der Waals surface area (Å²) in [5, 5.41) is 3.17. The van der Waals surface area contributed by atoms with E-state index in [2.05, 4.69) is 66.8 Å². The van der Waals surface area contributed by atoms with E-state index in [9.17, 15) is 0 Å². The summed E-state index contributed by atoms with van der Waals surface area (Å²) in [7, 11) is 0. The lowest BCUT2D eigenvalue weighted by molar-refractivity contribution is 0.214. The van der Waals surface area contributed by atoms with Crippen molar-refractivity contribution in [2.45, 2.75) is 71.1 Å². The zero-order chi connectivity index (χ0) is 23.0. The molecule has 0 atom stereocenters. The van der Waals surface area contributed by atoms with Gasteiger partial charge in [-0.2, -0.15) is 0 Å². The summed E-state index contributed by atoms with van der Waals surface area (Å²) in [6, 6.07) is 17.1. The molecular formula is C30H41NO2. The molecule has 0 saturated heterocycles. The molecule has 2 aromatic rings. The summed E-state index contributed by atoms with van der Waals surface area (Å²) >= 11 is 0. The van der Waals surface area contributed by atoms with Gasteiger partial charge >= 0.3 is 0 Å². The fourth-order valence-electron chi connectivity index (χ4n) is 4.03. The number of dihydropyridines is 1. The van der Waals surface area contributed by atoms with Crippen molar-refractivity contribution in [2.75, 3.05) is 19.8 Å². The van der Waals surface area contributed by atoms with E-state index in [0.717, 1.165) is 44.1 Å². The maximum atomic E-state index is 5.93. The Balaban J connectivity index is 1.10. The first kappa shape index (κ1) is 25.0. The van der Waals surface area contributed by atoms with Crippen LogP contribution in [0.4, 0.5) is 0 Å². The minimum absolute atomic E-state index is 0.814. The molecule has 0 aliphatic carbocycles. The molecule has 0 unspecified atom stereocenters. The number of unbranched alkanes of at least 4 members (excludes halogenated alkanes) is 9.